The SMILES string of the molecule is Nc1c(C(F)(F)F)cc(C[C@@H](NC(=O)N2CCC(N3Cc4cscc4NC3=O)CC2)C(=O)N2CCC(N3CCNCC3)CC2)cc1C(F)(F)F. The van der Waals surface area contributed by atoms with E-state index in [1.54, 1.807) is 4.90 Å². The van der Waals surface area contributed by atoms with E-state index in [-0.39, 0.29) is 31.2 Å². The number of nitrogens with two attached hydrogens (primary N) is 1. The van der Waals surface area contributed by atoms with Gasteiger partial charge in [0.15, 0.2) is 0 Å². The highest BCUT2D eigenvalue weighted by atomic mass is 32.1. The van der Waals surface area contributed by atoms with E-state index in [4.69, 9.17) is 5.73 Å². The number of likely N-dealkylation sites (tertiary alicyclic amines) is 2. The molecule has 274 valence electrons. The minimum atomic E-state index is -5.19. The van der Waals surface area contributed by atoms with Gasteiger partial charge in [-0.1, -0.05) is 0 Å². The normalized spacial score (nSPS) is 20.8. The molecule has 5 heterocycles. The first-order chi connectivity index (χ1) is 23.7. The van der Waals surface area contributed by atoms with Gasteiger partial charge in [-0.05, 0) is 48.8 Å². The Hall–Kier alpha value is -3.77. The number of fused-ring (bicyclic) bond motifs is 1. The summed E-state index contributed by atoms with van der Waals surface area (Å²) < 4.78 is 83.0. The number of hydrogen-bond acceptors (Lipinski definition) is 7. The second-order valence-corrected chi connectivity index (χ2v) is 14.0. The Balaban J connectivity index is 1.18. The van der Waals surface area contributed by atoms with Crippen LogP contribution in [0.15, 0.2) is 22.9 Å². The van der Waals surface area contributed by atoms with E-state index < -0.39 is 59.1 Å². The van der Waals surface area contributed by atoms with Crippen molar-refractivity contribution in [3.63, 3.8) is 0 Å². The minimum absolute atomic E-state index is 0.155. The lowest BCUT2D eigenvalue weighted by molar-refractivity contribution is -0.141. The van der Waals surface area contributed by atoms with Crippen molar-refractivity contribution in [1.29, 1.82) is 0 Å². The van der Waals surface area contributed by atoms with Gasteiger partial charge < -0.3 is 36.4 Å². The molecule has 0 saturated carbocycles. The van der Waals surface area contributed by atoms with Crippen molar-refractivity contribution in [2.45, 2.75) is 69.1 Å². The number of hydrogen-bond donors (Lipinski definition) is 4. The molecule has 1 aromatic carbocycles. The first-order valence-electron chi connectivity index (χ1n) is 16.7. The van der Waals surface area contributed by atoms with Crippen LogP contribution in [0.2, 0.25) is 0 Å². The highest BCUT2D eigenvalue weighted by Crippen LogP contribution is 2.42. The Bertz CT molecular complexity index is 1530. The molecule has 2 aromatic rings. The van der Waals surface area contributed by atoms with Gasteiger partial charge in [0.1, 0.15) is 6.04 Å². The molecule has 3 fully saturated rings. The number of benzene rings is 1. The summed E-state index contributed by atoms with van der Waals surface area (Å²) in [5, 5.41) is 12.6. The van der Waals surface area contributed by atoms with Crippen LogP contribution in [-0.2, 0) is 30.1 Å². The molecule has 4 aliphatic heterocycles. The van der Waals surface area contributed by atoms with Gasteiger partial charge in [0.2, 0.25) is 5.91 Å². The number of anilines is 2. The maximum Gasteiger partial charge on any atom is 0.418 e. The lowest BCUT2D eigenvalue weighted by Gasteiger charge is -2.42. The van der Waals surface area contributed by atoms with Gasteiger partial charge in [-0.2, -0.15) is 26.3 Å². The third-order valence-electron chi connectivity index (χ3n) is 10.1. The molecule has 0 spiro atoms. The number of nitrogens with one attached hydrogen (secondary N) is 3. The van der Waals surface area contributed by atoms with E-state index in [1.165, 1.54) is 21.1 Å². The standard InChI is InChI=1S/C32H40F6N8O3S/c33-31(34,35)23-13-19(14-24(27(23)39)32(36,37)38)15-25(28(47)44-7-1-21(2-8-44)43-11-5-40-6-12-43)41-29(48)45-9-3-22(4-10-45)46-16-20-17-50-18-26(20)42-30(46)49/h13-14,17-18,21-22,25,40H,1-12,15-16,39H2,(H,41,48)(H,42,49)/t25-/m1/s1. The van der Waals surface area contributed by atoms with Gasteiger partial charge in [-0.3, -0.25) is 9.69 Å². The largest absolute Gasteiger partial charge is 0.418 e. The molecule has 11 nitrogen and oxygen atoms in total. The molecule has 0 bridgehead atoms. The molecule has 0 aliphatic carbocycles. The third-order valence-corrected chi connectivity index (χ3v) is 10.9. The van der Waals surface area contributed by atoms with Gasteiger partial charge in [0.25, 0.3) is 0 Å². The van der Waals surface area contributed by atoms with Crippen LogP contribution in [0.5, 0.6) is 0 Å². The quantitative estimate of drug-likeness (QED) is 0.258. The molecule has 0 radical (unpaired) electrons. The van der Waals surface area contributed by atoms with E-state index in [0.29, 0.717) is 57.5 Å². The van der Waals surface area contributed by atoms with E-state index >= 15 is 0 Å². The number of thiophene rings is 1. The number of nitrogens with zero attached hydrogens (tertiary/aromatic N) is 4. The molecule has 50 heavy (non-hydrogen) atoms. The minimum Gasteiger partial charge on any atom is -0.398 e. The fourth-order valence-corrected chi connectivity index (χ4v) is 8.15. The molecular weight excluding hydrogens is 690 g/mol. The van der Waals surface area contributed by atoms with E-state index in [9.17, 15) is 40.7 Å². The Labute approximate surface area is 289 Å². The molecule has 3 saturated heterocycles. The number of rotatable bonds is 6. The molecule has 5 amide bonds. The fraction of sp³-hybridized carbons (Fsp3) is 0.594. The van der Waals surface area contributed by atoms with Crippen molar-refractivity contribution in [1.82, 2.24) is 30.2 Å². The predicted molar refractivity (Wildman–Crippen MR) is 174 cm³/mol. The van der Waals surface area contributed by atoms with Gasteiger partial charge >= 0.3 is 24.4 Å². The average Bonchev–Trinajstić information content (AvgIpc) is 3.54. The number of urea groups is 2. The molecule has 1 atom stereocenters. The third kappa shape index (κ3) is 7.91. The van der Waals surface area contributed by atoms with Crippen LogP contribution in [-0.4, -0.2) is 108 Å². The predicted octanol–water partition coefficient (Wildman–Crippen LogP) is 4.40. The Morgan fingerprint density at radius 3 is 2.06 bits per heavy atom. The number of carbonyl (C=O) groups is 3. The van der Waals surface area contributed by atoms with E-state index in [0.717, 1.165) is 37.4 Å². The molecule has 4 aliphatic rings. The summed E-state index contributed by atoms with van der Waals surface area (Å²) in [7, 11) is 0. The van der Waals surface area contributed by atoms with Crippen molar-refractivity contribution in [3.05, 3.63) is 45.1 Å². The van der Waals surface area contributed by atoms with Crippen LogP contribution >= 0.6 is 11.3 Å². The van der Waals surface area contributed by atoms with Crippen molar-refractivity contribution in [2.75, 3.05) is 63.4 Å². The van der Waals surface area contributed by atoms with Crippen LogP contribution in [0.25, 0.3) is 0 Å². The number of amides is 5. The number of piperazine rings is 1. The zero-order valence-electron chi connectivity index (χ0n) is 27.2. The van der Waals surface area contributed by atoms with E-state index in [2.05, 4.69) is 20.9 Å². The number of piperidine rings is 2. The van der Waals surface area contributed by atoms with Gasteiger partial charge in [-0.25, -0.2) is 9.59 Å². The smallest absolute Gasteiger partial charge is 0.398 e. The summed E-state index contributed by atoms with van der Waals surface area (Å²) in [6.07, 6.45) is -8.79. The molecule has 1 aromatic heterocycles. The van der Waals surface area contributed by atoms with Gasteiger partial charge in [0.05, 0.1) is 29.0 Å². The van der Waals surface area contributed by atoms with Crippen LogP contribution in [0.3, 0.4) is 0 Å². The highest BCUT2D eigenvalue weighted by molar-refractivity contribution is 7.08. The van der Waals surface area contributed by atoms with Crippen molar-refractivity contribution in [2.24, 2.45) is 0 Å². The van der Waals surface area contributed by atoms with Crippen molar-refractivity contribution < 1.29 is 40.7 Å². The summed E-state index contributed by atoms with van der Waals surface area (Å²) in [5.41, 5.74) is 1.93. The summed E-state index contributed by atoms with van der Waals surface area (Å²) in [5.74, 6) is -0.581. The Morgan fingerprint density at radius 1 is 0.880 bits per heavy atom. The van der Waals surface area contributed by atoms with Gasteiger partial charge in [0, 0.05) is 81.8 Å². The van der Waals surface area contributed by atoms with Crippen LogP contribution < -0.4 is 21.7 Å². The lowest BCUT2D eigenvalue weighted by atomic mass is 9.96. The second kappa shape index (κ2) is 14.5. The molecule has 5 N–H and O–H groups in total. The number of carbonyl (C=O) groups excluding carboxylic acids is 3. The first-order valence-corrected chi connectivity index (χ1v) is 17.6. The average molecular weight is 731 g/mol. The van der Waals surface area contributed by atoms with Crippen LogP contribution in [0.1, 0.15) is 47.9 Å². The zero-order chi connectivity index (χ0) is 35.8. The summed E-state index contributed by atoms with van der Waals surface area (Å²) >= 11 is 1.48. The topological polar surface area (TPSA) is 126 Å². The molecular formula is C32H40F6N8O3S. The zero-order valence-corrected chi connectivity index (χ0v) is 28.0. The maximum atomic E-state index is 14.0. The van der Waals surface area contributed by atoms with Crippen LogP contribution in [0.4, 0.5) is 47.3 Å². The second-order valence-electron chi connectivity index (χ2n) is 13.2. The summed E-state index contributed by atoms with van der Waals surface area (Å²) in [6, 6.07) is -1.22. The molecule has 0 unspecified atom stereocenters. The van der Waals surface area contributed by atoms with Crippen LogP contribution in [0, 0.1) is 0 Å². The summed E-state index contributed by atoms with van der Waals surface area (Å²) in [4.78, 5) is 47.3. The highest BCUT2D eigenvalue weighted by Gasteiger charge is 2.42. The maximum absolute atomic E-state index is 14.0. The monoisotopic (exact) mass is 730 g/mol. The van der Waals surface area contributed by atoms with Crippen molar-refractivity contribution >= 4 is 40.7 Å². The van der Waals surface area contributed by atoms with Gasteiger partial charge in [-0.15, -0.1) is 11.3 Å². The number of nitrogen functional groups attached to an aromatic ring is 1. The number of alkyl halides is 6. The number of halogens is 6. The Kier molecular flexibility index (Phi) is 10.4. The fourth-order valence-electron chi connectivity index (χ4n) is 7.37. The van der Waals surface area contributed by atoms with Crippen molar-refractivity contribution in [3.8, 4) is 0 Å². The first kappa shape index (κ1) is 36.0. The van der Waals surface area contributed by atoms with E-state index in [1.807, 2.05) is 10.8 Å². The lowest BCUT2D eigenvalue weighted by Crippen LogP contribution is -2.58. The molecule has 18 heteroatoms. The Morgan fingerprint density at radius 2 is 1.46 bits per heavy atom. The summed E-state index contributed by atoms with van der Waals surface area (Å²) in [6.45, 7) is 5.00. The molecule has 6 rings (SSSR count).